The Balaban J connectivity index is 2.29. The van der Waals surface area contributed by atoms with E-state index in [1.165, 1.54) is 0 Å². The predicted octanol–water partition coefficient (Wildman–Crippen LogP) is 1.46. The Bertz CT molecular complexity index is 563. The lowest BCUT2D eigenvalue weighted by Crippen LogP contribution is -2.47. The number of hydrogen-bond donors (Lipinski definition) is 3. The van der Waals surface area contributed by atoms with Crippen LogP contribution in [0.25, 0.3) is 0 Å². The fourth-order valence-corrected chi connectivity index (χ4v) is 2.53. The van der Waals surface area contributed by atoms with Gasteiger partial charge in [0.15, 0.2) is 0 Å². The van der Waals surface area contributed by atoms with Crippen molar-refractivity contribution < 1.29 is 14.4 Å². The highest BCUT2D eigenvalue weighted by Gasteiger charge is 2.21. The molecular formula is C19H30N4O3. The minimum absolute atomic E-state index is 0.149. The lowest BCUT2D eigenvalue weighted by molar-refractivity contribution is -0.130. The molecule has 7 nitrogen and oxygen atoms in total. The standard InChI is InChI=1S/C19H30N4O3/c1-2-3-4-5-6-9-17(24)23-16(19(20)26)13-18(25)22-12-10-15-8-7-11-21-14-15/h7-8,11,14,16H,2-6,9-10,12-13H2,1H3,(H2,20,26)(H,22,25)(H,23,24)/t16-/m1/s1. The number of rotatable bonds is 13. The Morgan fingerprint density at radius 3 is 2.58 bits per heavy atom. The number of hydrogen-bond acceptors (Lipinski definition) is 4. The molecule has 0 radical (unpaired) electrons. The minimum atomic E-state index is -0.975. The van der Waals surface area contributed by atoms with Crippen molar-refractivity contribution in [3.05, 3.63) is 30.1 Å². The Hall–Kier alpha value is -2.44. The molecule has 144 valence electrons. The summed E-state index contributed by atoms with van der Waals surface area (Å²) in [7, 11) is 0. The highest BCUT2D eigenvalue weighted by Crippen LogP contribution is 2.05. The van der Waals surface area contributed by atoms with Crippen LogP contribution in [0.2, 0.25) is 0 Å². The summed E-state index contributed by atoms with van der Waals surface area (Å²) in [6.07, 6.45) is 9.42. The fraction of sp³-hybridized carbons (Fsp3) is 0.579. The average Bonchev–Trinajstić information content (AvgIpc) is 2.62. The zero-order valence-electron chi connectivity index (χ0n) is 15.5. The van der Waals surface area contributed by atoms with E-state index in [1.807, 2.05) is 12.1 Å². The van der Waals surface area contributed by atoms with Crippen molar-refractivity contribution in [3.63, 3.8) is 0 Å². The third-order valence-corrected chi connectivity index (χ3v) is 4.03. The zero-order chi connectivity index (χ0) is 19.2. The Kier molecular flexibility index (Phi) is 10.7. The number of amides is 3. The van der Waals surface area contributed by atoms with Crippen molar-refractivity contribution >= 4 is 17.7 Å². The van der Waals surface area contributed by atoms with Gasteiger partial charge in [-0.1, -0.05) is 38.7 Å². The van der Waals surface area contributed by atoms with Gasteiger partial charge < -0.3 is 16.4 Å². The van der Waals surface area contributed by atoms with Gasteiger partial charge in [-0.05, 0) is 24.5 Å². The second-order valence-corrected chi connectivity index (χ2v) is 6.35. The van der Waals surface area contributed by atoms with Gasteiger partial charge in [0.2, 0.25) is 17.7 Å². The van der Waals surface area contributed by atoms with E-state index in [1.54, 1.807) is 12.4 Å². The lowest BCUT2D eigenvalue weighted by Gasteiger charge is -2.15. The van der Waals surface area contributed by atoms with Gasteiger partial charge in [-0.3, -0.25) is 19.4 Å². The van der Waals surface area contributed by atoms with Crippen LogP contribution in [-0.4, -0.2) is 35.3 Å². The smallest absolute Gasteiger partial charge is 0.240 e. The molecule has 0 saturated carbocycles. The molecule has 0 bridgehead atoms. The zero-order valence-corrected chi connectivity index (χ0v) is 15.5. The van der Waals surface area contributed by atoms with Crippen LogP contribution < -0.4 is 16.4 Å². The van der Waals surface area contributed by atoms with E-state index in [2.05, 4.69) is 22.5 Å². The van der Waals surface area contributed by atoms with Crippen LogP contribution in [0.4, 0.5) is 0 Å². The van der Waals surface area contributed by atoms with Gasteiger partial charge >= 0.3 is 0 Å². The first-order chi connectivity index (χ1) is 12.5. The summed E-state index contributed by atoms with van der Waals surface area (Å²) < 4.78 is 0. The van der Waals surface area contributed by atoms with E-state index in [9.17, 15) is 14.4 Å². The maximum atomic E-state index is 12.0. The molecule has 26 heavy (non-hydrogen) atoms. The molecule has 1 heterocycles. The molecule has 0 fully saturated rings. The molecule has 1 atom stereocenters. The molecule has 0 aliphatic heterocycles. The Morgan fingerprint density at radius 1 is 1.15 bits per heavy atom. The molecule has 0 spiro atoms. The molecule has 7 heteroatoms. The number of primary amides is 1. The van der Waals surface area contributed by atoms with E-state index in [0.29, 0.717) is 19.4 Å². The van der Waals surface area contributed by atoms with E-state index >= 15 is 0 Å². The van der Waals surface area contributed by atoms with Crippen molar-refractivity contribution in [2.45, 2.75) is 64.3 Å². The number of nitrogens with two attached hydrogens (primary N) is 1. The summed E-state index contributed by atoms with van der Waals surface area (Å²) in [6.45, 7) is 2.56. The molecule has 3 amide bonds. The molecule has 0 saturated heterocycles. The third-order valence-electron chi connectivity index (χ3n) is 4.03. The largest absolute Gasteiger partial charge is 0.368 e. The normalized spacial score (nSPS) is 11.6. The number of unbranched alkanes of at least 4 members (excludes halogenated alkanes) is 4. The summed E-state index contributed by atoms with van der Waals surface area (Å²) in [6, 6.07) is 2.78. The summed E-state index contributed by atoms with van der Waals surface area (Å²) in [5.74, 6) is -1.26. The van der Waals surface area contributed by atoms with Gasteiger partial charge in [-0.25, -0.2) is 0 Å². The number of carbonyl (C=O) groups is 3. The molecule has 4 N–H and O–H groups in total. The SMILES string of the molecule is CCCCCCCC(=O)N[C@H](CC(=O)NCCc1cccnc1)C(N)=O. The second kappa shape index (κ2) is 12.9. The molecule has 1 rings (SSSR count). The van der Waals surface area contributed by atoms with E-state index in [-0.39, 0.29) is 18.2 Å². The predicted molar refractivity (Wildman–Crippen MR) is 100 cm³/mol. The Labute approximate surface area is 155 Å². The first-order valence-electron chi connectivity index (χ1n) is 9.27. The summed E-state index contributed by atoms with van der Waals surface area (Å²) in [5.41, 5.74) is 6.32. The van der Waals surface area contributed by atoms with E-state index < -0.39 is 11.9 Å². The molecule has 0 aliphatic rings. The molecular weight excluding hydrogens is 332 g/mol. The number of nitrogens with zero attached hydrogens (tertiary/aromatic N) is 1. The van der Waals surface area contributed by atoms with Crippen molar-refractivity contribution in [2.24, 2.45) is 5.73 Å². The maximum absolute atomic E-state index is 12.0. The first-order valence-corrected chi connectivity index (χ1v) is 9.27. The molecule has 0 aliphatic carbocycles. The Morgan fingerprint density at radius 2 is 1.92 bits per heavy atom. The van der Waals surface area contributed by atoms with Crippen molar-refractivity contribution in [1.29, 1.82) is 0 Å². The summed E-state index contributed by atoms with van der Waals surface area (Å²) >= 11 is 0. The van der Waals surface area contributed by atoms with Crippen molar-refractivity contribution in [2.75, 3.05) is 6.54 Å². The highest BCUT2D eigenvalue weighted by molar-refractivity contribution is 5.91. The van der Waals surface area contributed by atoms with Gasteiger partial charge in [0.1, 0.15) is 6.04 Å². The van der Waals surface area contributed by atoms with Gasteiger partial charge in [-0.15, -0.1) is 0 Å². The number of carbonyl (C=O) groups excluding carboxylic acids is 3. The number of aromatic nitrogens is 1. The summed E-state index contributed by atoms with van der Waals surface area (Å²) in [5, 5.41) is 5.29. The van der Waals surface area contributed by atoms with Gasteiger partial charge in [0, 0.05) is 25.4 Å². The van der Waals surface area contributed by atoms with E-state index in [0.717, 1.165) is 37.7 Å². The molecule has 1 aromatic heterocycles. The first kappa shape index (κ1) is 21.6. The number of pyridine rings is 1. The molecule has 1 aromatic rings. The highest BCUT2D eigenvalue weighted by atomic mass is 16.2. The monoisotopic (exact) mass is 362 g/mol. The van der Waals surface area contributed by atoms with Crippen LogP contribution in [0.3, 0.4) is 0 Å². The van der Waals surface area contributed by atoms with Gasteiger partial charge in [0.25, 0.3) is 0 Å². The second-order valence-electron chi connectivity index (χ2n) is 6.35. The van der Waals surface area contributed by atoms with Gasteiger partial charge in [-0.2, -0.15) is 0 Å². The van der Waals surface area contributed by atoms with Crippen LogP contribution in [0.1, 0.15) is 57.4 Å². The van der Waals surface area contributed by atoms with Crippen LogP contribution in [0.15, 0.2) is 24.5 Å². The van der Waals surface area contributed by atoms with Crippen molar-refractivity contribution in [1.82, 2.24) is 15.6 Å². The topological polar surface area (TPSA) is 114 Å². The quantitative estimate of drug-likeness (QED) is 0.461. The average molecular weight is 362 g/mol. The molecule has 0 unspecified atom stereocenters. The van der Waals surface area contributed by atoms with E-state index in [4.69, 9.17) is 5.73 Å². The van der Waals surface area contributed by atoms with Crippen LogP contribution >= 0.6 is 0 Å². The third kappa shape index (κ3) is 9.76. The molecule has 0 aromatic carbocycles. The van der Waals surface area contributed by atoms with Crippen LogP contribution in [0.5, 0.6) is 0 Å². The van der Waals surface area contributed by atoms with Gasteiger partial charge in [0.05, 0.1) is 6.42 Å². The van der Waals surface area contributed by atoms with Crippen LogP contribution in [-0.2, 0) is 20.8 Å². The van der Waals surface area contributed by atoms with Crippen LogP contribution in [0, 0.1) is 0 Å². The lowest BCUT2D eigenvalue weighted by atomic mass is 10.1. The maximum Gasteiger partial charge on any atom is 0.240 e. The minimum Gasteiger partial charge on any atom is -0.368 e. The van der Waals surface area contributed by atoms with Crippen molar-refractivity contribution in [3.8, 4) is 0 Å². The summed E-state index contributed by atoms with van der Waals surface area (Å²) in [4.78, 5) is 39.4. The number of nitrogens with one attached hydrogen (secondary N) is 2. The fourth-order valence-electron chi connectivity index (χ4n) is 2.53.